The van der Waals surface area contributed by atoms with E-state index < -0.39 is 0 Å². The van der Waals surface area contributed by atoms with Gasteiger partial charge in [-0.3, -0.25) is 4.98 Å². The number of furan rings is 1. The molecular weight excluding hydrogens is 202 g/mol. The number of allylic oxidation sites excluding steroid dienone is 1. The first kappa shape index (κ1) is 9.99. The van der Waals surface area contributed by atoms with Gasteiger partial charge in [0.25, 0.3) is 0 Å². The molecule has 0 spiro atoms. The highest BCUT2D eigenvalue weighted by Crippen LogP contribution is 2.21. The van der Waals surface area contributed by atoms with Gasteiger partial charge in [-0.1, -0.05) is 6.07 Å². The second-order valence-electron chi connectivity index (χ2n) is 3.15. The smallest absolute Gasteiger partial charge is 0.102 e. The summed E-state index contributed by atoms with van der Waals surface area (Å²) in [5.74, 6) is 0. The Morgan fingerprint density at radius 2 is 2.25 bits per heavy atom. The fraction of sp³-hybridized carbons (Fsp3) is 0. The van der Waals surface area contributed by atoms with Crippen LogP contribution in [0.15, 0.2) is 47.5 Å². The zero-order valence-corrected chi connectivity index (χ0v) is 8.42. The number of hydrogen-bond donors (Lipinski definition) is 1. The SMILES string of the molecule is N#C/C(=C(/N)c1ccoc1)c1cccnc1. The van der Waals surface area contributed by atoms with Gasteiger partial charge in [0.1, 0.15) is 6.07 Å². The van der Waals surface area contributed by atoms with Crippen molar-refractivity contribution in [2.24, 2.45) is 5.73 Å². The molecule has 0 aromatic carbocycles. The molecule has 2 rings (SSSR count). The summed E-state index contributed by atoms with van der Waals surface area (Å²) in [7, 11) is 0. The van der Waals surface area contributed by atoms with Gasteiger partial charge in [-0.15, -0.1) is 0 Å². The summed E-state index contributed by atoms with van der Waals surface area (Å²) < 4.78 is 4.93. The van der Waals surface area contributed by atoms with Gasteiger partial charge < -0.3 is 10.2 Å². The quantitative estimate of drug-likeness (QED) is 0.771. The summed E-state index contributed by atoms with van der Waals surface area (Å²) in [5, 5.41) is 9.10. The Hall–Kier alpha value is -2.54. The van der Waals surface area contributed by atoms with Gasteiger partial charge >= 0.3 is 0 Å². The summed E-state index contributed by atoms with van der Waals surface area (Å²) in [4.78, 5) is 3.95. The molecule has 0 aliphatic rings. The van der Waals surface area contributed by atoms with E-state index in [4.69, 9.17) is 15.4 Å². The number of nitrogens with zero attached hydrogens (tertiary/aromatic N) is 2. The third-order valence-corrected chi connectivity index (χ3v) is 2.16. The monoisotopic (exact) mass is 211 g/mol. The van der Waals surface area contributed by atoms with Crippen molar-refractivity contribution in [3.63, 3.8) is 0 Å². The molecule has 16 heavy (non-hydrogen) atoms. The molecule has 2 heterocycles. The number of hydrogen-bond acceptors (Lipinski definition) is 4. The van der Waals surface area contributed by atoms with Gasteiger partial charge in [-0.25, -0.2) is 0 Å². The standard InChI is InChI=1S/C12H9N3O/c13-6-11(9-2-1-4-15-7-9)12(14)10-3-5-16-8-10/h1-5,7-8H,14H2/b12-11-. The highest BCUT2D eigenvalue weighted by molar-refractivity contribution is 5.95. The minimum absolute atomic E-state index is 0.393. The predicted octanol–water partition coefficient (Wildman–Crippen LogP) is 2.03. The molecule has 0 fully saturated rings. The van der Waals surface area contributed by atoms with Crippen molar-refractivity contribution >= 4 is 11.3 Å². The molecule has 78 valence electrons. The summed E-state index contributed by atoms with van der Waals surface area (Å²) in [5.41, 5.74) is 8.08. The van der Waals surface area contributed by atoms with Crippen LogP contribution in [0.2, 0.25) is 0 Å². The maximum absolute atomic E-state index is 9.10. The third-order valence-electron chi connectivity index (χ3n) is 2.16. The minimum atomic E-state index is 0.393. The van der Waals surface area contributed by atoms with Crippen molar-refractivity contribution in [3.05, 3.63) is 54.2 Å². The van der Waals surface area contributed by atoms with Crippen molar-refractivity contribution in [1.29, 1.82) is 5.26 Å². The van der Waals surface area contributed by atoms with E-state index in [2.05, 4.69) is 11.1 Å². The van der Waals surface area contributed by atoms with E-state index in [1.807, 2.05) is 0 Å². The number of nitrogens with two attached hydrogens (primary N) is 1. The van der Waals surface area contributed by atoms with Crippen LogP contribution >= 0.6 is 0 Å². The molecule has 0 saturated carbocycles. The molecule has 0 aliphatic heterocycles. The molecule has 2 aromatic rings. The second kappa shape index (κ2) is 4.32. The van der Waals surface area contributed by atoms with Crippen LogP contribution in [0.5, 0.6) is 0 Å². The molecule has 0 aliphatic carbocycles. The maximum atomic E-state index is 9.10. The molecule has 2 N–H and O–H groups in total. The summed E-state index contributed by atoms with van der Waals surface area (Å²) in [6.07, 6.45) is 6.27. The van der Waals surface area contributed by atoms with Crippen LogP contribution in [0.25, 0.3) is 11.3 Å². The van der Waals surface area contributed by atoms with E-state index in [-0.39, 0.29) is 0 Å². The minimum Gasteiger partial charge on any atom is -0.472 e. The zero-order valence-electron chi connectivity index (χ0n) is 8.42. The molecule has 0 saturated heterocycles. The first-order valence-corrected chi connectivity index (χ1v) is 4.65. The van der Waals surface area contributed by atoms with Crippen molar-refractivity contribution in [2.75, 3.05) is 0 Å². The Morgan fingerprint density at radius 1 is 1.38 bits per heavy atom. The van der Waals surface area contributed by atoms with Crippen LogP contribution in [-0.2, 0) is 0 Å². The average Bonchev–Trinajstić information content (AvgIpc) is 2.85. The lowest BCUT2D eigenvalue weighted by Gasteiger charge is -2.02. The molecule has 0 atom stereocenters. The van der Waals surface area contributed by atoms with Crippen LogP contribution in [0.1, 0.15) is 11.1 Å². The number of aromatic nitrogens is 1. The highest BCUT2D eigenvalue weighted by atomic mass is 16.3. The molecule has 4 nitrogen and oxygen atoms in total. The summed E-state index contributed by atoms with van der Waals surface area (Å²) in [6, 6.07) is 7.34. The Kier molecular flexibility index (Phi) is 2.70. The van der Waals surface area contributed by atoms with E-state index >= 15 is 0 Å². The molecular formula is C12H9N3O. The first-order valence-electron chi connectivity index (χ1n) is 4.65. The Labute approximate surface area is 92.6 Å². The van der Waals surface area contributed by atoms with Gasteiger partial charge in [0.15, 0.2) is 0 Å². The molecule has 0 amide bonds. The Morgan fingerprint density at radius 3 is 2.81 bits per heavy atom. The van der Waals surface area contributed by atoms with E-state index in [1.54, 1.807) is 30.6 Å². The van der Waals surface area contributed by atoms with Crippen molar-refractivity contribution in [2.45, 2.75) is 0 Å². The fourth-order valence-corrected chi connectivity index (χ4v) is 1.35. The van der Waals surface area contributed by atoms with Crippen molar-refractivity contribution in [1.82, 2.24) is 4.98 Å². The van der Waals surface area contributed by atoms with Gasteiger partial charge in [0.2, 0.25) is 0 Å². The van der Waals surface area contributed by atoms with Crippen LogP contribution in [0.3, 0.4) is 0 Å². The van der Waals surface area contributed by atoms with Gasteiger partial charge in [-0.05, 0) is 12.1 Å². The summed E-state index contributed by atoms with van der Waals surface area (Å²) in [6.45, 7) is 0. The van der Waals surface area contributed by atoms with Gasteiger partial charge in [-0.2, -0.15) is 5.26 Å². The maximum Gasteiger partial charge on any atom is 0.102 e. The second-order valence-corrected chi connectivity index (χ2v) is 3.15. The first-order chi connectivity index (χ1) is 7.83. The summed E-state index contributed by atoms with van der Waals surface area (Å²) >= 11 is 0. The third kappa shape index (κ3) is 1.79. The van der Waals surface area contributed by atoms with Gasteiger partial charge in [0, 0.05) is 23.5 Å². The lowest BCUT2D eigenvalue weighted by molar-refractivity contribution is 0.566. The van der Waals surface area contributed by atoms with E-state index in [0.29, 0.717) is 22.4 Å². The molecule has 4 heteroatoms. The normalized spacial score (nSPS) is 11.7. The van der Waals surface area contributed by atoms with Crippen molar-refractivity contribution in [3.8, 4) is 6.07 Å². The van der Waals surface area contributed by atoms with E-state index in [0.717, 1.165) is 0 Å². The topological polar surface area (TPSA) is 75.8 Å². The molecule has 2 aromatic heterocycles. The van der Waals surface area contributed by atoms with Crippen LogP contribution < -0.4 is 5.73 Å². The molecule has 0 radical (unpaired) electrons. The Bertz CT molecular complexity index is 535. The Balaban J connectivity index is 2.52. The zero-order chi connectivity index (χ0) is 11.4. The number of pyridine rings is 1. The average molecular weight is 211 g/mol. The van der Waals surface area contributed by atoms with Crippen LogP contribution in [0.4, 0.5) is 0 Å². The number of nitriles is 1. The fourth-order valence-electron chi connectivity index (χ4n) is 1.35. The van der Waals surface area contributed by atoms with Crippen molar-refractivity contribution < 1.29 is 4.42 Å². The predicted molar refractivity (Wildman–Crippen MR) is 59.6 cm³/mol. The van der Waals surface area contributed by atoms with Gasteiger partial charge in [0.05, 0.1) is 23.8 Å². The lowest BCUT2D eigenvalue weighted by atomic mass is 10.0. The molecule has 0 unspecified atom stereocenters. The van der Waals surface area contributed by atoms with Crippen LogP contribution in [-0.4, -0.2) is 4.98 Å². The van der Waals surface area contributed by atoms with E-state index in [1.165, 1.54) is 12.5 Å². The highest BCUT2D eigenvalue weighted by Gasteiger charge is 2.08. The largest absolute Gasteiger partial charge is 0.472 e. The number of rotatable bonds is 2. The van der Waals surface area contributed by atoms with Crippen LogP contribution in [0, 0.1) is 11.3 Å². The molecule has 0 bridgehead atoms. The lowest BCUT2D eigenvalue weighted by Crippen LogP contribution is -1.99. The van der Waals surface area contributed by atoms with E-state index in [9.17, 15) is 0 Å².